The van der Waals surface area contributed by atoms with Gasteiger partial charge >= 0.3 is 0 Å². The number of nitrogens with zero attached hydrogens (tertiary/aromatic N) is 1. The maximum Gasteiger partial charge on any atom is 0.224 e. The van der Waals surface area contributed by atoms with Crippen molar-refractivity contribution in [3.8, 4) is 17.2 Å². The van der Waals surface area contributed by atoms with E-state index in [4.69, 9.17) is 15.2 Å². The zero-order valence-corrected chi connectivity index (χ0v) is 17.3. The lowest BCUT2D eigenvalue weighted by Crippen LogP contribution is -2.55. The molecule has 3 rings (SSSR count). The number of phenols is 1. The molecule has 0 fully saturated rings. The summed E-state index contributed by atoms with van der Waals surface area (Å²) >= 11 is 0. The summed E-state index contributed by atoms with van der Waals surface area (Å²) in [5.74, 6) is 0.951. The summed E-state index contributed by atoms with van der Waals surface area (Å²) in [7, 11) is 3.12. The smallest absolute Gasteiger partial charge is 0.224 e. The van der Waals surface area contributed by atoms with Gasteiger partial charge in [-0.15, -0.1) is 0 Å². The van der Waals surface area contributed by atoms with Crippen LogP contribution in [-0.4, -0.2) is 30.8 Å². The third-order valence-corrected chi connectivity index (χ3v) is 5.73. The van der Waals surface area contributed by atoms with Crippen LogP contribution in [-0.2, 0) is 10.2 Å². The van der Waals surface area contributed by atoms with Crippen LogP contribution in [0.4, 0.5) is 11.4 Å². The molecule has 1 unspecified atom stereocenters. The third kappa shape index (κ3) is 2.84. The molecule has 0 saturated heterocycles. The number of hydrogen-bond acceptors (Lipinski definition) is 5. The Balaban J connectivity index is 2.36. The molecule has 2 aromatic rings. The van der Waals surface area contributed by atoms with Gasteiger partial charge in [0.2, 0.25) is 5.91 Å². The van der Waals surface area contributed by atoms with Crippen LogP contribution in [0.15, 0.2) is 30.3 Å². The normalized spacial score (nSPS) is 20.4. The second-order valence-electron chi connectivity index (χ2n) is 8.14. The van der Waals surface area contributed by atoms with E-state index in [1.165, 1.54) is 14.0 Å². The number of fused-ring (bicyclic) bond motifs is 1. The number of carbonyl (C=O) groups is 1. The maximum absolute atomic E-state index is 12.6. The Bertz CT molecular complexity index is 921. The number of methoxy groups -OCH3 is 2. The van der Waals surface area contributed by atoms with Crippen molar-refractivity contribution in [3.05, 3.63) is 41.5 Å². The lowest BCUT2D eigenvalue weighted by molar-refractivity contribution is -0.117. The van der Waals surface area contributed by atoms with E-state index in [9.17, 15) is 9.90 Å². The van der Waals surface area contributed by atoms with Gasteiger partial charge in [-0.25, -0.2) is 0 Å². The molecule has 0 aromatic heterocycles. The first kappa shape index (κ1) is 19.9. The van der Waals surface area contributed by atoms with Gasteiger partial charge < -0.3 is 25.2 Å². The van der Waals surface area contributed by atoms with Gasteiger partial charge in [-0.3, -0.25) is 4.79 Å². The van der Waals surface area contributed by atoms with Crippen molar-refractivity contribution < 1.29 is 19.4 Å². The van der Waals surface area contributed by atoms with Gasteiger partial charge in [0.1, 0.15) is 22.9 Å². The molecule has 1 aliphatic rings. The molecule has 3 N–H and O–H groups in total. The van der Waals surface area contributed by atoms with Crippen molar-refractivity contribution in [2.75, 3.05) is 24.9 Å². The monoisotopic (exact) mass is 384 g/mol. The number of hydrogen-bond donors (Lipinski definition) is 2. The zero-order valence-electron chi connectivity index (χ0n) is 17.3. The molecule has 1 atom stereocenters. The quantitative estimate of drug-likeness (QED) is 0.620. The topological polar surface area (TPSA) is 85.0 Å². The van der Waals surface area contributed by atoms with Gasteiger partial charge in [-0.05, 0) is 38.0 Å². The average molecular weight is 384 g/mol. The average Bonchev–Trinajstić information content (AvgIpc) is 2.63. The van der Waals surface area contributed by atoms with E-state index in [0.29, 0.717) is 23.4 Å². The lowest BCUT2D eigenvalue weighted by atomic mass is 9.64. The summed E-state index contributed by atoms with van der Waals surface area (Å²) < 4.78 is 10.6. The molecule has 150 valence electrons. The van der Waals surface area contributed by atoms with Crippen LogP contribution in [0.3, 0.4) is 0 Å². The summed E-state index contributed by atoms with van der Waals surface area (Å²) in [6.07, 6.45) is 0.609. The molecule has 0 radical (unpaired) electrons. The van der Waals surface area contributed by atoms with Gasteiger partial charge in [0.05, 0.1) is 19.9 Å². The second-order valence-corrected chi connectivity index (χ2v) is 8.14. The van der Waals surface area contributed by atoms with Crippen LogP contribution < -0.4 is 20.1 Å². The highest BCUT2D eigenvalue weighted by Gasteiger charge is 2.49. The molecule has 6 nitrogen and oxygen atoms in total. The first-order valence-corrected chi connectivity index (χ1v) is 9.22. The lowest BCUT2D eigenvalue weighted by Gasteiger charge is -2.51. The molecule has 0 bridgehead atoms. The second kappa shape index (κ2) is 6.62. The van der Waals surface area contributed by atoms with E-state index in [-0.39, 0.29) is 17.3 Å². The molecular formula is C22H28N2O4. The van der Waals surface area contributed by atoms with Crippen LogP contribution in [0.2, 0.25) is 0 Å². The number of benzene rings is 2. The van der Waals surface area contributed by atoms with E-state index >= 15 is 0 Å². The number of nitrogen functional groups attached to an aromatic ring is 1. The molecule has 1 heterocycles. The minimum Gasteiger partial charge on any atom is -0.505 e. The van der Waals surface area contributed by atoms with Gasteiger partial charge in [0.25, 0.3) is 0 Å². The largest absolute Gasteiger partial charge is 0.505 e. The fourth-order valence-corrected chi connectivity index (χ4v) is 4.70. The summed E-state index contributed by atoms with van der Waals surface area (Å²) in [5, 5.41) is 11.1. The minimum absolute atomic E-state index is 0.0468. The van der Waals surface area contributed by atoms with Crippen molar-refractivity contribution in [1.29, 1.82) is 0 Å². The van der Waals surface area contributed by atoms with Crippen molar-refractivity contribution in [2.24, 2.45) is 0 Å². The Morgan fingerprint density at radius 3 is 2.25 bits per heavy atom. The number of carbonyl (C=O) groups excluding carboxylic acids is 1. The van der Waals surface area contributed by atoms with Gasteiger partial charge in [0.15, 0.2) is 0 Å². The van der Waals surface area contributed by atoms with Crippen molar-refractivity contribution in [2.45, 2.75) is 45.1 Å². The summed E-state index contributed by atoms with van der Waals surface area (Å²) in [6.45, 7) is 7.65. The van der Waals surface area contributed by atoms with Crippen molar-refractivity contribution in [3.63, 3.8) is 0 Å². The fraction of sp³-hybridized carbons (Fsp3) is 0.409. The van der Waals surface area contributed by atoms with Crippen LogP contribution >= 0.6 is 0 Å². The van der Waals surface area contributed by atoms with E-state index in [1.807, 2.05) is 38.1 Å². The van der Waals surface area contributed by atoms with Gasteiger partial charge in [-0.2, -0.15) is 0 Å². The number of nitrogens with two attached hydrogens (primary N) is 1. The Morgan fingerprint density at radius 2 is 1.75 bits per heavy atom. The molecule has 2 aromatic carbocycles. The molecular weight excluding hydrogens is 356 g/mol. The van der Waals surface area contributed by atoms with E-state index in [1.54, 1.807) is 18.1 Å². The van der Waals surface area contributed by atoms with Crippen molar-refractivity contribution in [1.82, 2.24) is 0 Å². The first-order chi connectivity index (χ1) is 13.1. The summed E-state index contributed by atoms with van der Waals surface area (Å²) in [6, 6.07) is 9.52. The van der Waals surface area contributed by atoms with Gasteiger partial charge in [-0.1, -0.05) is 19.1 Å². The Hall–Kier alpha value is -2.89. The van der Waals surface area contributed by atoms with Gasteiger partial charge in [0, 0.05) is 29.5 Å². The van der Waals surface area contributed by atoms with Crippen LogP contribution in [0.5, 0.6) is 17.2 Å². The maximum atomic E-state index is 12.6. The van der Waals surface area contributed by atoms with E-state index in [2.05, 4.69) is 6.92 Å². The molecule has 1 amide bonds. The fourth-order valence-electron chi connectivity index (χ4n) is 4.70. The predicted octanol–water partition coefficient (Wildman–Crippen LogP) is 3.83. The number of anilines is 2. The molecule has 28 heavy (non-hydrogen) atoms. The van der Waals surface area contributed by atoms with Crippen LogP contribution in [0, 0.1) is 0 Å². The van der Waals surface area contributed by atoms with E-state index < -0.39 is 11.0 Å². The molecule has 0 spiro atoms. The number of ether oxygens (including phenoxy) is 2. The Morgan fingerprint density at radius 1 is 1.14 bits per heavy atom. The molecule has 1 aliphatic heterocycles. The highest BCUT2D eigenvalue weighted by atomic mass is 16.5. The molecule has 0 saturated carbocycles. The Kier molecular flexibility index (Phi) is 4.69. The van der Waals surface area contributed by atoms with Crippen LogP contribution in [0.25, 0.3) is 0 Å². The first-order valence-electron chi connectivity index (χ1n) is 9.22. The third-order valence-electron chi connectivity index (χ3n) is 5.73. The zero-order chi connectivity index (χ0) is 20.9. The highest BCUT2D eigenvalue weighted by molar-refractivity contribution is 5.97. The number of phenolic OH excluding ortho intramolecular Hbond substituents is 1. The summed E-state index contributed by atoms with van der Waals surface area (Å²) in [4.78, 5) is 14.3. The SMILES string of the molecule is COc1ccc(C2(C)CC(C)(C)N(C(C)=O)c3cc(OC)c(N)c(O)c32)cc1. The highest BCUT2D eigenvalue weighted by Crippen LogP contribution is 2.56. The number of aromatic hydroxyl groups is 1. The van der Waals surface area contributed by atoms with E-state index in [0.717, 1.165) is 11.3 Å². The molecule has 0 aliphatic carbocycles. The number of amides is 1. The van der Waals surface area contributed by atoms with Crippen LogP contribution in [0.1, 0.15) is 45.2 Å². The number of rotatable bonds is 3. The minimum atomic E-state index is -0.568. The summed E-state index contributed by atoms with van der Waals surface area (Å²) in [5.41, 5.74) is 7.52. The predicted molar refractivity (Wildman–Crippen MR) is 110 cm³/mol. The Labute approximate surface area is 165 Å². The van der Waals surface area contributed by atoms with Crippen molar-refractivity contribution >= 4 is 17.3 Å². The standard InChI is InChI=1S/C22H28N2O4/c1-13(25)24-16-11-17(28-6)19(23)20(26)18(16)22(4,12-21(24,2)3)14-7-9-15(27-5)10-8-14/h7-11,26H,12,23H2,1-6H3. The molecule has 6 heteroatoms.